The van der Waals surface area contributed by atoms with E-state index in [-0.39, 0.29) is 6.10 Å². The number of aryl methyl sites for hydroxylation is 2. The fourth-order valence-corrected chi connectivity index (χ4v) is 2.41. The van der Waals surface area contributed by atoms with Crippen LogP contribution in [-0.4, -0.2) is 27.5 Å². The van der Waals surface area contributed by atoms with E-state index in [0.29, 0.717) is 0 Å². The van der Waals surface area contributed by atoms with Crippen molar-refractivity contribution in [2.75, 3.05) is 6.54 Å². The molecule has 2 N–H and O–H groups in total. The molecule has 0 saturated heterocycles. The summed E-state index contributed by atoms with van der Waals surface area (Å²) in [4.78, 5) is 0. The fraction of sp³-hybridized carbons (Fsp3) is 0.750. The lowest BCUT2D eigenvalue weighted by Gasteiger charge is -2.08. The minimum Gasteiger partial charge on any atom is -0.393 e. The number of nitrogens with zero attached hydrogens (tertiary/aromatic N) is 2. The van der Waals surface area contributed by atoms with Crippen molar-refractivity contribution in [2.24, 2.45) is 0 Å². The van der Waals surface area contributed by atoms with Crippen LogP contribution in [0.1, 0.15) is 38.6 Å². The van der Waals surface area contributed by atoms with Crippen molar-refractivity contribution in [1.29, 1.82) is 0 Å². The Bertz CT molecular complexity index is 350. The highest BCUT2D eigenvalue weighted by Gasteiger charge is 2.12. The summed E-state index contributed by atoms with van der Waals surface area (Å²) < 4.78 is 3.14. The first kappa shape index (κ1) is 14.7. The molecule has 5 heteroatoms. The summed E-state index contributed by atoms with van der Waals surface area (Å²) in [6.07, 6.45) is 1.47. The molecule has 0 amide bonds. The van der Waals surface area contributed by atoms with Crippen molar-refractivity contribution >= 4 is 15.9 Å². The van der Waals surface area contributed by atoms with Crippen molar-refractivity contribution < 1.29 is 5.11 Å². The average Bonchev–Trinajstić information content (AvgIpc) is 2.61. The number of nitrogens with one attached hydrogen (secondary N) is 1. The van der Waals surface area contributed by atoms with Crippen LogP contribution in [0.3, 0.4) is 0 Å². The maximum Gasteiger partial charge on any atom is 0.0767 e. The quantitative estimate of drug-likeness (QED) is 0.758. The van der Waals surface area contributed by atoms with E-state index in [2.05, 4.69) is 40.2 Å². The van der Waals surface area contributed by atoms with Gasteiger partial charge in [0.25, 0.3) is 0 Å². The maximum absolute atomic E-state index is 9.18. The lowest BCUT2D eigenvalue weighted by molar-refractivity contribution is 0.183. The highest BCUT2D eigenvalue weighted by atomic mass is 79.9. The highest BCUT2D eigenvalue weighted by Crippen LogP contribution is 2.22. The molecule has 1 heterocycles. The van der Waals surface area contributed by atoms with Crippen molar-refractivity contribution in [1.82, 2.24) is 15.1 Å². The van der Waals surface area contributed by atoms with Gasteiger partial charge in [-0.05, 0) is 49.2 Å². The van der Waals surface area contributed by atoms with Crippen LogP contribution in [0.4, 0.5) is 0 Å². The number of halogens is 1. The van der Waals surface area contributed by atoms with Gasteiger partial charge in [0.05, 0.1) is 22.0 Å². The predicted molar refractivity (Wildman–Crippen MR) is 73.0 cm³/mol. The first-order valence-electron chi connectivity index (χ1n) is 6.22. The molecule has 1 aromatic rings. The molecule has 0 aliphatic rings. The summed E-state index contributed by atoms with van der Waals surface area (Å²) in [7, 11) is 0. The Labute approximate surface area is 112 Å². The summed E-state index contributed by atoms with van der Waals surface area (Å²) >= 11 is 3.61. The molecule has 17 heavy (non-hydrogen) atoms. The Morgan fingerprint density at radius 2 is 2.18 bits per heavy atom. The van der Waals surface area contributed by atoms with E-state index >= 15 is 0 Å². The van der Waals surface area contributed by atoms with E-state index in [0.717, 1.165) is 42.6 Å². The molecule has 0 fully saturated rings. The molecule has 0 spiro atoms. The Morgan fingerprint density at radius 3 is 2.71 bits per heavy atom. The molecule has 0 aliphatic heterocycles. The number of rotatable bonds is 7. The molecule has 4 nitrogen and oxygen atoms in total. The van der Waals surface area contributed by atoms with E-state index in [1.54, 1.807) is 0 Å². The average molecular weight is 304 g/mol. The summed E-state index contributed by atoms with van der Waals surface area (Å²) in [5.41, 5.74) is 2.30. The minimum atomic E-state index is -0.242. The number of aliphatic hydroxyl groups excluding tert-OH is 1. The lowest BCUT2D eigenvalue weighted by atomic mass is 10.2. The van der Waals surface area contributed by atoms with Gasteiger partial charge in [-0.15, -0.1) is 0 Å². The molecule has 0 aliphatic carbocycles. The van der Waals surface area contributed by atoms with Crippen LogP contribution in [0.15, 0.2) is 4.47 Å². The van der Waals surface area contributed by atoms with Gasteiger partial charge < -0.3 is 10.4 Å². The Morgan fingerprint density at radius 1 is 1.47 bits per heavy atom. The molecule has 98 valence electrons. The van der Waals surface area contributed by atoms with Crippen LogP contribution in [0.25, 0.3) is 0 Å². The molecule has 0 aromatic carbocycles. The van der Waals surface area contributed by atoms with E-state index in [4.69, 9.17) is 0 Å². The Kier molecular flexibility index (Phi) is 6.16. The van der Waals surface area contributed by atoms with Gasteiger partial charge in [-0.2, -0.15) is 5.10 Å². The molecule has 1 rings (SSSR count). The number of hydrogen-bond acceptors (Lipinski definition) is 3. The standard InChI is InChI=1S/C12H22BrN3O/c1-4-10-12(13)11(16(5-2)15-10)8-14-7-6-9(3)17/h9,14,17H,4-8H2,1-3H3. The van der Waals surface area contributed by atoms with Crippen LogP contribution in [0.5, 0.6) is 0 Å². The van der Waals surface area contributed by atoms with Crippen LogP contribution < -0.4 is 5.32 Å². The summed E-state index contributed by atoms with van der Waals surface area (Å²) in [6, 6.07) is 0. The predicted octanol–water partition coefficient (Wildman–Crippen LogP) is 2.09. The van der Waals surface area contributed by atoms with E-state index < -0.39 is 0 Å². The van der Waals surface area contributed by atoms with Gasteiger partial charge >= 0.3 is 0 Å². The number of hydrogen-bond donors (Lipinski definition) is 2. The van der Waals surface area contributed by atoms with Crippen molar-refractivity contribution in [3.63, 3.8) is 0 Å². The second kappa shape index (κ2) is 7.13. The SMILES string of the molecule is CCc1nn(CC)c(CNCCC(C)O)c1Br. The molecule has 0 bridgehead atoms. The number of aromatic nitrogens is 2. The first-order chi connectivity index (χ1) is 8.10. The Balaban J connectivity index is 2.59. The zero-order chi connectivity index (χ0) is 12.8. The summed E-state index contributed by atoms with van der Waals surface area (Å²) in [6.45, 7) is 8.50. The molecule has 1 aromatic heterocycles. The molecule has 0 radical (unpaired) electrons. The van der Waals surface area contributed by atoms with Crippen molar-refractivity contribution in [3.8, 4) is 0 Å². The highest BCUT2D eigenvalue weighted by molar-refractivity contribution is 9.10. The molecule has 0 saturated carbocycles. The van der Waals surface area contributed by atoms with Gasteiger partial charge in [-0.1, -0.05) is 6.92 Å². The fourth-order valence-electron chi connectivity index (χ4n) is 1.70. The second-order valence-corrected chi connectivity index (χ2v) is 4.98. The molecule has 1 unspecified atom stereocenters. The minimum absolute atomic E-state index is 0.242. The summed E-state index contributed by atoms with van der Waals surface area (Å²) in [5, 5.41) is 17.1. The zero-order valence-electron chi connectivity index (χ0n) is 10.8. The normalized spacial score (nSPS) is 13.0. The van der Waals surface area contributed by atoms with Gasteiger partial charge in [-0.25, -0.2) is 0 Å². The van der Waals surface area contributed by atoms with Crippen molar-refractivity contribution in [2.45, 2.75) is 52.8 Å². The van der Waals surface area contributed by atoms with Gasteiger partial charge in [0.15, 0.2) is 0 Å². The van der Waals surface area contributed by atoms with Gasteiger partial charge in [-0.3, -0.25) is 4.68 Å². The zero-order valence-corrected chi connectivity index (χ0v) is 12.4. The number of aliphatic hydroxyl groups is 1. The van der Waals surface area contributed by atoms with Crippen LogP contribution in [0, 0.1) is 0 Å². The van der Waals surface area contributed by atoms with E-state index in [1.165, 1.54) is 5.69 Å². The molecule has 1 atom stereocenters. The van der Waals surface area contributed by atoms with Crippen LogP contribution in [0.2, 0.25) is 0 Å². The van der Waals surface area contributed by atoms with E-state index in [1.807, 2.05) is 11.6 Å². The maximum atomic E-state index is 9.18. The largest absolute Gasteiger partial charge is 0.393 e. The van der Waals surface area contributed by atoms with Crippen molar-refractivity contribution in [3.05, 3.63) is 15.9 Å². The van der Waals surface area contributed by atoms with Crippen LogP contribution >= 0.6 is 15.9 Å². The first-order valence-corrected chi connectivity index (χ1v) is 7.02. The third-order valence-electron chi connectivity index (χ3n) is 2.73. The second-order valence-electron chi connectivity index (χ2n) is 4.19. The third kappa shape index (κ3) is 4.08. The van der Waals surface area contributed by atoms with Gasteiger partial charge in [0, 0.05) is 13.1 Å². The van der Waals surface area contributed by atoms with Gasteiger partial charge in [0.1, 0.15) is 0 Å². The topological polar surface area (TPSA) is 50.1 Å². The van der Waals surface area contributed by atoms with Gasteiger partial charge in [0.2, 0.25) is 0 Å². The van der Waals surface area contributed by atoms with Crippen LogP contribution in [-0.2, 0) is 19.5 Å². The lowest BCUT2D eigenvalue weighted by Crippen LogP contribution is -2.20. The molecular weight excluding hydrogens is 282 g/mol. The summed E-state index contributed by atoms with van der Waals surface area (Å²) in [5.74, 6) is 0. The third-order valence-corrected chi connectivity index (χ3v) is 3.64. The molecular formula is C12H22BrN3O. The smallest absolute Gasteiger partial charge is 0.0767 e. The Hall–Kier alpha value is -0.390. The monoisotopic (exact) mass is 303 g/mol. The van der Waals surface area contributed by atoms with E-state index in [9.17, 15) is 5.11 Å².